The summed E-state index contributed by atoms with van der Waals surface area (Å²) in [6, 6.07) is 5.66. The minimum Gasteiger partial charge on any atom is -0.444 e. The maximum absolute atomic E-state index is 14.4. The Morgan fingerprint density at radius 3 is 2.13 bits per heavy atom. The smallest absolute Gasteiger partial charge is 0.414 e. The van der Waals surface area contributed by atoms with Crippen molar-refractivity contribution in [2.24, 2.45) is 0 Å². The molecule has 6 aliphatic heterocycles. The van der Waals surface area contributed by atoms with Crippen LogP contribution in [0.15, 0.2) is 18.2 Å². The Balaban J connectivity index is 1.01. The Morgan fingerprint density at radius 2 is 1.51 bits per heavy atom. The van der Waals surface area contributed by atoms with Gasteiger partial charge < -0.3 is 28.7 Å². The molecule has 4 atom stereocenters. The summed E-state index contributed by atoms with van der Waals surface area (Å²) in [4.78, 5) is 32.4. The van der Waals surface area contributed by atoms with E-state index >= 15 is 0 Å². The number of carbonyl (C=O) groups is 2. The van der Waals surface area contributed by atoms with Crippen LogP contribution in [-0.2, 0) is 24.4 Å². The Bertz CT molecular complexity index is 1080. The fourth-order valence-corrected chi connectivity index (χ4v) is 7.91. The number of halogens is 1. The van der Waals surface area contributed by atoms with Crippen molar-refractivity contribution in [2.45, 2.75) is 87.1 Å². The van der Waals surface area contributed by atoms with Crippen LogP contribution in [0.1, 0.15) is 56.9 Å². The highest BCUT2D eigenvalue weighted by molar-refractivity contribution is 5.91. The summed E-state index contributed by atoms with van der Waals surface area (Å²) in [6.07, 6.45) is 6.34. The molecule has 5 fully saturated rings. The first-order chi connectivity index (χ1) is 19.0. The van der Waals surface area contributed by atoms with Crippen LogP contribution in [0.25, 0.3) is 0 Å². The average molecular weight is 544 g/mol. The first kappa shape index (κ1) is 25.5. The first-order valence-electron chi connectivity index (χ1n) is 14.7. The summed E-state index contributed by atoms with van der Waals surface area (Å²) in [7, 11) is 0. The maximum Gasteiger partial charge on any atom is 0.414 e. The molecule has 1 aromatic rings. The Hall–Kier alpha value is -2.43. The van der Waals surface area contributed by atoms with Gasteiger partial charge in [0.05, 0.1) is 32.1 Å². The van der Waals surface area contributed by atoms with E-state index in [9.17, 15) is 14.0 Å². The lowest BCUT2D eigenvalue weighted by Gasteiger charge is -2.47. The summed E-state index contributed by atoms with van der Waals surface area (Å²) in [5, 5.41) is 0. The van der Waals surface area contributed by atoms with Gasteiger partial charge in [-0.2, -0.15) is 0 Å². The van der Waals surface area contributed by atoms with E-state index in [0.717, 1.165) is 69.3 Å². The number of nitrogens with zero attached hydrogens (tertiary/aromatic N) is 3. The number of carbonyl (C=O) groups excluding carboxylic acids is 2. The van der Waals surface area contributed by atoms with Crippen LogP contribution in [0.5, 0.6) is 0 Å². The van der Waals surface area contributed by atoms with E-state index in [-0.39, 0.29) is 47.7 Å². The molecule has 5 saturated heterocycles. The highest BCUT2D eigenvalue weighted by Gasteiger charge is 2.50. The summed E-state index contributed by atoms with van der Waals surface area (Å²) in [5.41, 5.74) is 1.42. The van der Waals surface area contributed by atoms with Crippen LogP contribution in [-0.4, -0.2) is 98.4 Å². The first-order valence-corrected chi connectivity index (χ1v) is 14.7. The lowest BCUT2D eigenvalue weighted by Crippen LogP contribution is -2.56. The van der Waals surface area contributed by atoms with Crippen molar-refractivity contribution >= 4 is 17.9 Å². The van der Waals surface area contributed by atoms with Gasteiger partial charge in [0.2, 0.25) is 0 Å². The van der Waals surface area contributed by atoms with E-state index in [1.807, 2.05) is 4.90 Å². The molecule has 0 radical (unpaired) electrons. The Kier molecular flexibility index (Phi) is 6.67. The number of hydrogen-bond acceptors (Lipinski definition) is 7. The number of benzene rings is 1. The molecule has 1 aromatic carbocycles. The number of anilines is 1. The molecule has 6 heterocycles. The second-order valence-electron chi connectivity index (χ2n) is 12.2. The molecule has 1 spiro atoms. The van der Waals surface area contributed by atoms with Crippen molar-refractivity contribution < 1.29 is 32.9 Å². The number of ether oxygens (including phenoxy) is 4. The molecule has 39 heavy (non-hydrogen) atoms. The zero-order valence-electron chi connectivity index (χ0n) is 22.4. The number of hydrogen-bond donors (Lipinski definition) is 0. The zero-order chi connectivity index (χ0) is 26.6. The van der Waals surface area contributed by atoms with Crippen molar-refractivity contribution in [2.75, 3.05) is 51.0 Å². The average Bonchev–Trinajstić information content (AvgIpc) is 3.73. The lowest BCUT2D eigenvalue weighted by atomic mass is 9.73. The van der Waals surface area contributed by atoms with E-state index in [2.05, 4.69) is 4.90 Å². The largest absolute Gasteiger partial charge is 0.444 e. The van der Waals surface area contributed by atoms with Crippen LogP contribution in [0, 0.1) is 5.82 Å². The van der Waals surface area contributed by atoms with Crippen molar-refractivity contribution in [3.63, 3.8) is 0 Å². The molecule has 10 heteroatoms. The van der Waals surface area contributed by atoms with Crippen LogP contribution in [0.2, 0.25) is 0 Å². The van der Waals surface area contributed by atoms with Gasteiger partial charge in [-0.15, -0.1) is 0 Å². The van der Waals surface area contributed by atoms with Gasteiger partial charge in [0.25, 0.3) is 0 Å². The van der Waals surface area contributed by atoms with Crippen molar-refractivity contribution in [1.82, 2.24) is 9.80 Å². The standard InChI is InChI=1S/C29H38FN3O6/c30-19-1-4-26-25(13-19)29(18-32(26)27(34)38-23-5-11-36-16-23)7-9-31(10-8-29)22-14-20-2-3-21(15-22)33(20)28(35)39-24-6-12-37-17-24/h1,4,13,20-24H,2-3,5-12,14-18H2/t20?,21?,22?,23-,24-/m0/s1. The Morgan fingerprint density at radius 1 is 0.872 bits per heavy atom. The van der Waals surface area contributed by atoms with E-state index < -0.39 is 0 Å². The highest BCUT2D eigenvalue weighted by atomic mass is 19.1. The fraction of sp³-hybridized carbons (Fsp3) is 0.724. The number of amides is 2. The molecule has 7 rings (SSSR count). The van der Waals surface area contributed by atoms with Gasteiger partial charge in [0.15, 0.2) is 0 Å². The van der Waals surface area contributed by atoms with E-state index in [1.54, 1.807) is 17.0 Å². The van der Waals surface area contributed by atoms with Crippen molar-refractivity contribution in [3.8, 4) is 0 Å². The molecular formula is C29H38FN3O6. The third kappa shape index (κ3) is 4.68. The van der Waals surface area contributed by atoms with Crippen LogP contribution in [0.4, 0.5) is 19.7 Å². The number of piperidine rings is 2. The fourth-order valence-electron chi connectivity index (χ4n) is 7.91. The van der Waals surface area contributed by atoms with E-state index in [0.29, 0.717) is 45.4 Å². The van der Waals surface area contributed by atoms with E-state index in [1.165, 1.54) is 6.07 Å². The predicted octanol–water partition coefficient (Wildman–Crippen LogP) is 3.83. The molecule has 2 bridgehead atoms. The van der Waals surface area contributed by atoms with Crippen molar-refractivity contribution in [1.29, 1.82) is 0 Å². The summed E-state index contributed by atoms with van der Waals surface area (Å²) in [5.74, 6) is -0.269. The summed E-state index contributed by atoms with van der Waals surface area (Å²) in [6.45, 7) is 4.51. The monoisotopic (exact) mass is 543 g/mol. The summed E-state index contributed by atoms with van der Waals surface area (Å²) >= 11 is 0. The normalized spacial score (nSPS) is 33.5. The van der Waals surface area contributed by atoms with Gasteiger partial charge >= 0.3 is 12.2 Å². The molecule has 9 nitrogen and oxygen atoms in total. The molecule has 0 saturated carbocycles. The number of rotatable bonds is 3. The molecule has 0 N–H and O–H groups in total. The van der Waals surface area contributed by atoms with E-state index in [4.69, 9.17) is 18.9 Å². The molecule has 212 valence electrons. The van der Waals surface area contributed by atoms with Gasteiger partial charge in [-0.3, -0.25) is 4.90 Å². The SMILES string of the molecule is O=C(O[C@H]1CCOC1)N1CC2(CCN(C3CC4CCC(C3)N4C(=O)O[C@H]3CCOC3)CC2)c2cc(F)ccc21. The van der Waals surface area contributed by atoms with Crippen LogP contribution in [0.3, 0.4) is 0 Å². The minimum absolute atomic E-state index is 0.115. The maximum atomic E-state index is 14.4. The second-order valence-corrected chi connectivity index (χ2v) is 12.2. The lowest BCUT2D eigenvalue weighted by molar-refractivity contribution is 0.00963. The molecule has 2 amide bonds. The minimum atomic E-state index is -0.363. The van der Waals surface area contributed by atoms with Gasteiger partial charge in [0, 0.05) is 42.9 Å². The predicted molar refractivity (Wildman–Crippen MR) is 139 cm³/mol. The molecular weight excluding hydrogens is 505 g/mol. The molecule has 2 unspecified atom stereocenters. The van der Waals surface area contributed by atoms with Crippen molar-refractivity contribution in [3.05, 3.63) is 29.6 Å². The van der Waals surface area contributed by atoms with Gasteiger partial charge in [0.1, 0.15) is 18.0 Å². The topological polar surface area (TPSA) is 80.8 Å². The van der Waals surface area contributed by atoms with Gasteiger partial charge in [-0.25, -0.2) is 14.0 Å². The van der Waals surface area contributed by atoms with Gasteiger partial charge in [-0.1, -0.05) is 0 Å². The molecule has 6 aliphatic rings. The number of fused-ring (bicyclic) bond motifs is 4. The van der Waals surface area contributed by atoms with Crippen LogP contribution >= 0.6 is 0 Å². The highest BCUT2D eigenvalue weighted by Crippen LogP contribution is 2.49. The Labute approximate surface area is 228 Å². The third-order valence-electron chi connectivity index (χ3n) is 10.0. The second kappa shape index (κ2) is 10.2. The molecule has 0 aromatic heterocycles. The third-order valence-corrected chi connectivity index (χ3v) is 10.0. The molecule has 0 aliphatic carbocycles. The number of likely N-dealkylation sites (tertiary alicyclic amines) is 1. The van der Waals surface area contributed by atoms with Gasteiger partial charge in [-0.05, 0) is 75.4 Å². The summed E-state index contributed by atoms with van der Waals surface area (Å²) < 4.78 is 36.7. The quantitative estimate of drug-likeness (QED) is 0.573. The zero-order valence-corrected chi connectivity index (χ0v) is 22.4. The van der Waals surface area contributed by atoms with Crippen LogP contribution < -0.4 is 4.90 Å².